The van der Waals surface area contributed by atoms with Gasteiger partial charge in [-0.25, -0.2) is 15.0 Å². The summed E-state index contributed by atoms with van der Waals surface area (Å²) in [5.74, 6) is -3.29. The molecule has 0 aromatic carbocycles. The van der Waals surface area contributed by atoms with Crippen LogP contribution in [-0.4, -0.2) is 35.3 Å². The number of nitrogens with one attached hydrogen (secondary N) is 2. The van der Waals surface area contributed by atoms with E-state index in [1.807, 2.05) is 6.92 Å². The molecule has 3 aromatic heterocycles. The number of aromatic nitrogens is 7. The van der Waals surface area contributed by atoms with Gasteiger partial charge in [-0.2, -0.15) is 36.5 Å². The molecule has 0 aliphatic rings. The summed E-state index contributed by atoms with van der Waals surface area (Å²) in [4.78, 5) is 10.7. The van der Waals surface area contributed by atoms with E-state index in [0.717, 1.165) is 0 Å². The summed E-state index contributed by atoms with van der Waals surface area (Å²) < 4.78 is 76.1. The smallest absolute Gasteiger partial charge is 0.255 e. The van der Waals surface area contributed by atoms with E-state index >= 15 is 0 Å². The molecule has 0 atom stereocenters. The third-order valence-electron chi connectivity index (χ3n) is 3.39. The number of pyridine rings is 1. The lowest BCUT2D eigenvalue weighted by Crippen LogP contribution is -2.07. The number of hydrogen-bond donors (Lipinski definition) is 2. The highest BCUT2D eigenvalue weighted by atomic mass is 19.4. The van der Waals surface area contributed by atoms with Crippen LogP contribution >= 0.6 is 0 Å². The Morgan fingerprint density at radius 2 is 1.22 bits per heavy atom. The minimum Gasteiger partial charge on any atom is -0.255 e. The fourth-order valence-corrected chi connectivity index (χ4v) is 2.26. The van der Waals surface area contributed by atoms with Crippen LogP contribution in [0.5, 0.6) is 0 Å². The molecule has 2 N–H and O–H groups in total. The number of halogens is 6. The summed E-state index contributed by atoms with van der Waals surface area (Å²) in [6, 6.07) is 2.93. The van der Waals surface area contributed by atoms with Crippen molar-refractivity contribution in [3.63, 3.8) is 0 Å². The first kappa shape index (κ1) is 18.8. The fraction of sp³-hybridized carbons (Fsp3) is 0.357. The van der Waals surface area contributed by atoms with Crippen LogP contribution in [-0.2, 0) is 18.8 Å². The summed E-state index contributed by atoms with van der Waals surface area (Å²) in [6.07, 6.45) is -8.25. The Balaban J connectivity index is 2.05. The Morgan fingerprint density at radius 3 is 1.56 bits per heavy atom. The molecule has 0 spiro atoms. The van der Waals surface area contributed by atoms with Gasteiger partial charge in [-0.05, 0) is 24.1 Å². The lowest BCUT2D eigenvalue weighted by molar-refractivity contribution is -0.145. The maximum atomic E-state index is 12.7. The average Bonchev–Trinajstić information content (AvgIpc) is 3.24. The molecule has 27 heavy (non-hydrogen) atoms. The molecule has 0 amide bonds. The number of hydrogen-bond acceptors (Lipinski definition) is 5. The van der Waals surface area contributed by atoms with Crippen molar-refractivity contribution in [1.82, 2.24) is 35.3 Å². The molecule has 3 rings (SSSR count). The predicted molar refractivity (Wildman–Crippen MR) is 79.0 cm³/mol. The van der Waals surface area contributed by atoms with E-state index in [1.165, 1.54) is 12.1 Å². The van der Waals surface area contributed by atoms with Gasteiger partial charge in [0.2, 0.25) is 11.6 Å². The number of rotatable bonds is 4. The molecule has 0 bridgehead atoms. The predicted octanol–water partition coefficient (Wildman–Crippen LogP) is 3.64. The van der Waals surface area contributed by atoms with E-state index in [-0.39, 0.29) is 23.0 Å². The normalized spacial score (nSPS) is 12.6. The van der Waals surface area contributed by atoms with Crippen LogP contribution in [0.2, 0.25) is 0 Å². The molecule has 7 nitrogen and oxygen atoms in total. The number of H-pyrrole nitrogens is 2. The van der Waals surface area contributed by atoms with Crippen molar-refractivity contribution in [2.45, 2.75) is 32.1 Å². The first-order valence-electron chi connectivity index (χ1n) is 7.59. The van der Waals surface area contributed by atoms with Crippen LogP contribution in [0, 0.1) is 0 Å². The molecule has 0 saturated carbocycles. The molecular formula is C14H11F6N7. The van der Waals surface area contributed by atoms with Gasteiger partial charge in [0.1, 0.15) is 11.4 Å². The fourth-order valence-electron chi connectivity index (χ4n) is 2.26. The van der Waals surface area contributed by atoms with Crippen molar-refractivity contribution in [3.8, 4) is 23.0 Å². The van der Waals surface area contributed by atoms with Crippen LogP contribution in [0.15, 0.2) is 12.1 Å². The molecule has 0 radical (unpaired) electrons. The summed E-state index contributed by atoms with van der Waals surface area (Å²) >= 11 is 0. The number of nitrogens with zero attached hydrogens (tertiary/aromatic N) is 5. The summed E-state index contributed by atoms with van der Waals surface area (Å²) in [5, 5.41) is 10.5. The molecule has 0 saturated heterocycles. The molecule has 0 fully saturated rings. The van der Waals surface area contributed by atoms with Gasteiger partial charge in [-0.1, -0.05) is 13.3 Å². The highest BCUT2D eigenvalue weighted by Gasteiger charge is 2.36. The van der Waals surface area contributed by atoms with Crippen molar-refractivity contribution in [2.75, 3.05) is 0 Å². The van der Waals surface area contributed by atoms with Gasteiger partial charge >= 0.3 is 12.4 Å². The van der Waals surface area contributed by atoms with Gasteiger partial charge in [0.15, 0.2) is 11.6 Å². The first-order chi connectivity index (χ1) is 12.6. The molecule has 0 aliphatic carbocycles. The Bertz CT molecular complexity index is 870. The second kappa shape index (κ2) is 6.63. The second-order valence-corrected chi connectivity index (χ2v) is 5.51. The van der Waals surface area contributed by atoms with Gasteiger partial charge in [0.25, 0.3) is 0 Å². The summed E-state index contributed by atoms with van der Waals surface area (Å²) in [7, 11) is 0. The van der Waals surface area contributed by atoms with Crippen LogP contribution in [0.1, 0.15) is 30.6 Å². The van der Waals surface area contributed by atoms with Crippen LogP contribution in [0.4, 0.5) is 26.3 Å². The Morgan fingerprint density at radius 1 is 0.778 bits per heavy atom. The molecule has 144 valence electrons. The van der Waals surface area contributed by atoms with E-state index in [2.05, 4.69) is 25.1 Å². The third-order valence-corrected chi connectivity index (χ3v) is 3.39. The van der Waals surface area contributed by atoms with Crippen molar-refractivity contribution in [1.29, 1.82) is 0 Å². The van der Waals surface area contributed by atoms with Crippen molar-refractivity contribution >= 4 is 0 Å². The Hall–Kier alpha value is -2.99. The standard InChI is InChI=1S/C14H11F6N7/c1-2-3-6-4-7(9-22-11(26-24-9)13(15,16)17)21-8(5-6)10-23-12(27-25-10)14(18,19)20/h4-5H,2-3H2,1H3,(H,22,24,26)(H,23,25,27). The quantitative estimate of drug-likeness (QED) is 0.662. The maximum Gasteiger partial charge on any atom is 0.451 e. The molecule has 3 aromatic rings. The van der Waals surface area contributed by atoms with Gasteiger partial charge < -0.3 is 0 Å². The highest BCUT2D eigenvalue weighted by molar-refractivity contribution is 5.59. The van der Waals surface area contributed by atoms with E-state index < -0.39 is 24.0 Å². The Kier molecular flexibility index (Phi) is 4.61. The van der Waals surface area contributed by atoms with Crippen molar-refractivity contribution in [2.24, 2.45) is 0 Å². The van der Waals surface area contributed by atoms with E-state index in [9.17, 15) is 26.3 Å². The SMILES string of the molecule is CCCc1cc(-c2n[nH]c(C(F)(F)F)n2)nc(-c2n[nH]c(C(F)(F)F)n2)c1. The molecule has 3 heterocycles. The topological polar surface area (TPSA) is 96.0 Å². The van der Waals surface area contributed by atoms with Gasteiger partial charge in [0, 0.05) is 0 Å². The maximum absolute atomic E-state index is 12.7. The summed E-state index contributed by atoms with van der Waals surface area (Å²) in [6.45, 7) is 1.86. The van der Waals surface area contributed by atoms with Gasteiger partial charge in [0.05, 0.1) is 0 Å². The zero-order chi connectivity index (χ0) is 19.8. The first-order valence-corrected chi connectivity index (χ1v) is 7.59. The summed E-state index contributed by atoms with van der Waals surface area (Å²) in [5.41, 5.74) is 0.538. The zero-order valence-corrected chi connectivity index (χ0v) is 13.6. The zero-order valence-electron chi connectivity index (χ0n) is 13.6. The number of alkyl halides is 6. The van der Waals surface area contributed by atoms with E-state index in [0.29, 0.717) is 18.4 Å². The monoisotopic (exact) mass is 391 g/mol. The van der Waals surface area contributed by atoms with Crippen LogP contribution < -0.4 is 0 Å². The van der Waals surface area contributed by atoms with Crippen LogP contribution in [0.25, 0.3) is 23.0 Å². The molecule has 0 aliphatic heterocycles. The molecular weight excluding hydrogens is 380 g/mol. The number of aromatic amines is 2. The molecule has 13 heteroatoms. The highest BCUT2D eigenvalue weighted by Crippen LogP contribution is 2.30. The van der Waals surface area contributed by atoms with Gasteiger partial charge in [-0.15, -0.1) is 0 Å². The average molecular weight is 391 g/mol. The minimum atomic E-state index is -4.72. The van der Waals surface area contributed by atoms with E-state index in [1.54, 1.807) is 10.2 Å². The number of aryl methyl sites for hydroxylation is 1. The lowest BCUT2D eigenvalue weighted by atomic mass is 10.1. The molecule has 0 unspecified atom stereocenters. The third kappa shape index (κ3) is 4.06. The van der Waals surface area contributed by atoms with E-state index in [4.69, 9.17) is 0 Å². The lowest BCUT2D eigenvalue weighted by Gasteiger charge is -2.05. The van der Waals surface area contributed by atoms with Crippen molar-refractivity contribution < 1.29 is 26.3 Å². The van der Waals surface area contributed by atoms with Crippen molar-refractivity contribution in [3.05, 3.63) is 29.3 Å². The Labute approximate surface area is 147 Å². The second-order valence-electron chi connectivity index (χ2n) is 5.51. The largest absolute Gasteiger partial charge is 0.451 e. The minimum absolute atomic E-state index is 0.0407. The van der Waals surface area contributed by atoms with Gasteiger partial charge in [-0.3, -0.25) is 10.2 Å². The van der Waals surface area contributed by atoms with Crippen LogP contribution in [0.3, 0.4) is 0 Å².